The molecule has 1 unspecified atom stereocenters. The van der Waals surface area contributed by atoms with E-state index in [0.717, 1.165) is 28.1 Å². The van der Waals surface area contributed by atoms with Crippen molar-refractivity contribution < 1.29 is 8.42 Å². The minimum absolute atomic E-state index is 0.0984. The number of sulfonamides is 1. The lowest BCUT2D eigenvalue weighted by Crippen LogP contribution is -2.18. The van der Waals surface area contributed by atoms with E-state index >= 15 is 0 Å². The highest BCUT2D eigenvalue weighted by molar-refractivity contribution is 7.89. The zero-order valence-corrected chi connectivity index (χ0v) is 21.1. The summed E-state index contributed by atoms with van der Waals surface area (Å²) in [5.41, 5.74) is 5.01. The van der Waals surface area contributed by atoms with Gasteiger partial charge in [-0.3, -0.25) is 5.01 Å². The molecule has 2 N–H and O–H groups in total. The number of primary sulfonamides is 1. The van der Waals surface area contributed by atoms with Crippen LogP contribution in [0.2, 0.25) is 15.1 Å². The van der Waals surface area contributed by atoms with Crippen LogP contribution in [0.15, 0.2) is 64.6 Å². The van der Waals surface area contributed by atoms with E-state index in [0.29, 0.717) is 33.5 Å². The van der Waals surface area contributed by atoms with Crippen molar-refractivity contribution >= 4 is 56.2 Å². The van der Waals surface area contributed by atoms with Crippen molar-refractivity contribution in [3.05, 3.63) is 91.9 Å². The molecular formula is C24H22Cl3N3O2S. The Morgan fingerprint density at radius 1 is 1.00 bits per heavy atom. The molecule has 0 spiro atoms. The molecule has 0 saturated carbocycles. The molecule has 5 nitrogen and oxygen atoms in total. The fraction of sp³-hybridized carbons (Fsp3) is 0.208. The molecule has 1 heterocycles. The van der Waals surface area contributed by atoms with Crippen LogP contribution in [0.4, 0.5) is 5.69 Å². The minimum atomic E-state index is -3.83. The molecule has 0 fully saturated rings. The molecular weight excluding hydrogens is 501 g/mol. The van der Waals surface area contributed by atoms with E-state index in [4.69, 9.17) is 45.0 Å². The van der Waals surface area contributed by atoms with Crippen LogP contribution in [-0.2, 0) is 16.4 Å². The molecule has 1 aliphatic heterocycles. The summed E-state index contributed by atoms with van der Waals surface area (Å²) >= 11 is 18.7. The van der Waals surface area contributed by atoms with Crippen molar-refractivity contribution in [2.24, 2.45) is 10.2 Å². The van der Waals surface area contributed by atoms with Crippen LogP contribution in [0.1, 0.15) is 34.7 Å². The van der Waals surface area contributed by atoms with Gasteiger partial charge in [0.25, 0.3) is 0 Å². The van der Waals surface area contributed by atoms with Gasteiger partial charge in [0.15, 0.2) is 0 Å². The Hall–Kier alpha value is -2.09. The van der Waals surface area contributed by atoms with Gasteiger partial charge in [-0.25, -0.2) is 13.6 Å². The van der Waals surface area contributed by atoms with Gasteiger partial charge in [-0.05, 0) is 72.5 Å². The van der Waals surface area contributed by atoms with Crippen LogP contribution in [0, 0.1) is 13.8 Å². The number of anilines is 1. The molecule has 0 amide bonds. The van der Waals surface area contributed by atoms with E-state index in [-0.39, 0.29) is 10.9 Å². The van der Waals surface area contributed by atoms with Gasteiger partial charge in [0.05, 0.1) is 21.6 Å². The smallest absolute Gasteiger partial charge is 0.238 e. The van der Waals surface area contributed by atoms with E-state index < -0.39 is 10.0 Å². The first kappa shape index (κ1) is 24.0. The van der Waals surface area contributed by atoms with Crippen molar-refractivity contribution in [3.63, 3.8) is 0 Å². The van der Waals surface area contributed by atoms with E-state index in [1.54, 1.807) is 25.1 Å². The number of benzene rings is 3. The fourth-order valence-corrected chi connectivity index (χ4v) is 5.64. The molecule has 33 heavy (non-hydrogen) atoms. The van der Waals surface area contributed by atoms with E-state index in [9.17, 15) is 8.42 Å². The summed E-state index contributed by atoms with van der Waals surface area (Å²) in [6.07, 6.45) is 1.13. The lowest BCUT2D eigenvalue weighted by atomic mass is 9.95. The first-order chi connectivity index (χ1) is 15.5. The third kappa shape index (κ3) is 5.20. The Bertz CT molecular complexity index is 1360. The maximum Gasteiger partial charge on any atom is 0.238 e. The van der Waals surface area contributed by atoms with Gasteiger partial charge in [-0.2, -0.15) is 5.10 Å². The number of halogens is 3. The molecule has 1 atom stereocenters. The Morgan fingerprint density at radius 2 is 1.67 bits per heavy atom. The second kappa shape index (κ2) is 9.28. The first-order valence-corrected chi connectivity index (χ1v) is 12.9. The summed E-state index contributed by atoms with van der Waals surface area (Å²) in [7, 11) is -3.83. The largest absolute Gasteiger partial charge is 0.256 e. The highest BCUT2D eigenvalue weighted by atomic mass is 35.5. The van der Waals surface area contributed by atoms with Crippen LogP contribution in [0.25, 0.3) is 0 Å². The number of nitrogens with zero attached hydrogens (tertiary/aromatic N) is 2. The second-order valence-electron chi connectivity index (χ2n) is 8.15. The van der Waals surface area contributed by atoms with E-state index in [1.165, 1.54) is 0 Å². The Labute approximate surface area is 208 Å². The molecule has 3 aromatic carbocycles. The number of hydrogen-bond donors (Lipinski definition) is 1. The lowest BCUT2D eigenvalue weighted by molar-refractivity contribution is 0.597. The molecule has 0 radical (unpaired) electrons. The van der Waals surface area contributed by atoms with Gasteiger partial charge in [0.2, 0.25) is 10.0 Å². The zero-order valence-electron chi connectivity index (χ0n) is 18.0. The summed E-state index contributed by atoms with van der Waals surface area (Å²) in [4.78, 5) is 0.142. The van der Waals surface area contributed by atoms with Gasteiger partial charge in [-0.1, -0.05) is 53.0 Å². The first-order valence-electron chi connectivity index (χ1n) is 10.2. The second-order valence-corrected chi connectivity index (χ2v) is 11.0. The van der Waals surface area contributed by atoms with Gasteiger partial charge in [0, 0.05) is 28.6 Å². The van der Waals surface area contributed by atoms with Crippen LogP contribution < -0.4 is 10.1 Å². The molecule has 3 aromatic rings. The monoisotopic (exact) mass is 521 g/mol. The summed E-state index contributed by atoms with van der Waals surface area (Å²) in [6, 6.07) is 16.4. The molecule has 1 aliphatic rings. The third-order valence-corrected chi connectivity index (χ3v) is 7.52. The van der Waals surface area contributed by atoms with E-state index in [2.05, 4.69) is 0 Å². The highest BCUT2D eigenvalue weighted by Gasteiger charge is 2.31. The minimum Gasteiger partial charge on any atom is -0.256 e. The van der Waals surface area contributed by atoms with Crippen LogP contribution in [0.5, 0.6) is 0 Å². The van der Waals surface area contributed by atoms with Gasteiger partial charge in [-0.15, -0.1) is 0 Å². The summed E-state index contributed by atoms with van der Waals surface area (Å²) in [5.74, 6) is 0. The maximum atomic E-state index is 12.1. The van der Waals surface area contributed by atoms with E-state index in [1.807, 2.05) is 48.3 Å². The fourth-order valence-electron chi connectivity index (χ4n) is 4.11. The zero-order chi connectivity index (χ0) is 23.9. The number of hydrogen-bond acceptors (Lipinski definition) is 4. The Morgan fingerprint density at radius 3 is 2.30 bits per heavy atom. The van der Waals surface area contributed by atoms with Crippen LogP contribution in [0.3, 0.4) is 0 Å². The Kier molecular flexibility index (Phi) is 6.76. The van der Waals surface area contributed by atoms with Gasteiger partial charge < -0.3 is 0 Å². The predicted octanol–water partition coefficient (Wildman–Crippen LogP) is 6.46. The van der Waals surface area contributed by atoms with Gasteiger partial charge in [0.1, 0.15) is 0 Å². The number of aryl methyl sites for hydroxylation is 1. The topological polar surface area (TPSA) is 75.8 Å². The number of rotatable bonds is 5. The molecule has 0 aromatic heterocycles. The SMILES string of the molecule is Cc1cc(CC2=NN(c3ccc(Cl)cc3Cl)C(c3ccc(Cl)cc3)C2)c(C)c(S(N)(=O)=O)c1. The predicted molar refractivity (Wildman–Crippen MR) is 136 cm³/mol. The molecule has 0 aliphatic carbocycles. The lowest BCUT2D eigenvalue weighted by Gasteiger charge is -2.25. The number of nitrogens with two attached hydrogens (primary N) is 1. The summed E-state index contributed by atoms with van der Waals surface area (Å²) in [6.45, 7) is 3.62. The quantitative estimate of drug-likeness (QED) is 0.418. The van der Waals surface area contributed by atoms with Crippen molar-refractivity contribution in [1.82, 2.24) is 0 Å². The van der Waals surface area contributed by atoms with Crippen molar-refractivity contribution in [1.29, 1.82) is 0 Å². The molecule has 0 saturated heterocycles. The standard InChI is InChI=1S/C24H22Cl3N3O2S/c1-14-9-17(15(2)24(10-14)33(28,31)32)11-20-13-23(16-3-5-18(25)6-4-16)30(29-20)22-8-7-19(26)12-21(22)27/h3-10,12,23H,11,13H2,1-2H3,(H2,28,31,32). The molecule has 172 valence electrons. The number of hydrazone groups is 1. The third-order valence-electron chi connectivity index (χ3n) is 5.70. The van der Waals surface area contributed by atoms with Gasteiger partial charge >= 0.3 is 0 Å². The van der Waals surface area contributed by atoms with Crippen molar-refractivity contribution in [3.8, 4) is 0 Å². The average molecular weight is 523 g/mol. The summed E-state index contributed by atoms with van der Waals surface area (Å²) in [5, 5.41) is 13.9. The maximum absolute atomic E-state index is 12.1. The molecule has 4 rings (SSSR count). The average Bonchev–Trinajstić information content (AvgIpc) is 3.13. The molecule has 0 bridgehead atoms. The Balaban J connectivity index is 1.75. The van der Waals surface area contributed by atoms with Crippen LogP contribution >= 0.6 is 34.8 Å². The van der Waals surface area contributed by atoms with Crippen LogP contribution in [-0.4, -0.2) is 14.1 Å². The van der Waals surface area contributed by atoms with Crippen molar-refractivity contribution in [2.75, 3.05) is 5.01 Å². The molecule has 9 heteroatoms. The van der Waals surface area contributed by atoms with Crippen molar-refractivity contribution in [2.45, 2.75) is 37.6 Å². The summed E-state index contributed by atoms with van der Waals surface area (Å²) < 4.78 is 24.1. The normalized spacial score (nSPS) is 16.2. The highest BCUT2D eigenvalue weighted by Crippen LogP contribution is 2.40.